The van der Waals surface area contributed by atoms with E-state index in [1.807, 2.05) is 6.07 Å². The number of nitrogens with one attached hydrogen (secondary N) is 2. The van der Waals surface area contributed by atoms with Gasteiger partial charge in [-0.2, -0.15) is 0 Å². The Morgan fingerprint density at radius 3 is 2.63 bits per heavy atom. The first-order chi connectivity index (χ1) is 9.29. The lowest BCUT2D eigenvalue weighted by Gasteiger charge is -2.22. The van der Waals surface area contributed by atoms with Gasteiger partial charge in [0.2, 0.25) is 5.91 Å². The number of hydrogen-bond acceptors (Lipinski definition) is 2. The van der Waals surface area contributed by atoms with Crippen LogP contribution in [0.5, 0.6) is 0 Å². The quantitative estimate of drug-likeness (QED) is 0.852. The molecule has 2 rings (SSSR count). The highest BCUT2D eigenvalue weighted by Crippen LogP contribution is 2.16. The SMILES string of the molecule is CCc1ccccc1CNC(=O)CC1CCNCC1. The Labute approximate surface area is 115 Å². The maximum atomic E-state index is 12.0. The van der Waals surface area contributed by atoms with Gasteiger partial charge in [0, 0.05) is 13.0 Å². The van der Waals surface area contributed by atoms with Gasteiger partial charge in [0.1, 0.15) is 0 Å². The first-order valence-electron chi connectivity index (χ1n) is 7.33. The summed E-state index contributed by atoms with van der Waals surface area (Å²) in [6.07, 6.45) is 3.94. The molecule has 0 aliphatic carbocycles. The van der Waals surface area contributed by atoms with Crippen LogP contribution in [-0.2, 0) is 17.8 Å². The second-order valence-corrected chi connectivity index (χ2v) is 5.30. The van der Waals surface area contributed by atoms with E-state index in [-0.39, 0.29) is 5.91 Å². The fourth-order valence-electron chi connectivity index (χ4n) is 2.69. The first kappa shape index (κ1) is 14.1. The predicted molar refractivity (Wildman–Crippen MR) is 77.9 cm³/mol. The van der Waals surface area contributed by atoms with Crippen molar-refractivity contribution in [3.8, 4) is 0 Å². The summed E-state index contributed by atoms with van der Waals surface area (Å²) in [5.41, 5.74) is 2.56. The number of aryl methyl sites for hydroxylation is 1. The Kier molecular flexibility index (Phi) is 5.40. The summed E-state index contributed by atoms with van der Waals surface area (Å²) in [5, 5.41) is 6.39. The maximum Gasteiger partial charge on any atom is 0.220 e. The van der Waals surface area contributed by atoms with Gasteiger partial charge in [0.15, 0.2) is 0 Å². The summed E-state index contributed by atoms with van der Waals surface area (Å²) in [6.45, 7) is 4.91. The van der Waals surface area contributed by atoms with Crippen LogP contribution in [0.3, 0.4) is 0 Å². The molecule has 104 valence electrons. The lowest BCUT2D eigenvalue weighted by atomic mass is 9.94. The summed E-state index contributed by atoms with van der Waals surface area (Å²) in [5.74, 6) is 0.750. The minimum atomic E-state index is 0.192. The van der Waals surface area contributed by atoms with Crippen molar-refractivity contribution < 1.29 is 4.79 Å². The van der Waals surface area contributed by atoms with Crippen LogP contribution >= 0.6 is 0 Å². The summed E-state index contributed by atoms with van der Waals surface area (Å²) < 4.78 is 0. The van der Waals surface area contributed by atoms with Crippen molar-refractivity contribution in [1.29, 1.82) is 0 Å². The lowest BCUT2D eigenvalue weighted by molar-refractivity contribution is -0.122. The molecule has 1 fully saturated rings. The Morgan fingerprint density at radius 2 is 1.95 bits per heavy atom. The maximum absolute atomic E-state index is 12.0. The number of benzene rings is 1. The van der Waals surface area contributed by atoms with Gasteiger partial charge in [0.25, 0.3) is 0 Å². The highest BCUT2D eigenvalue weighted by molar-refractivity contribution is 5.76. The van der Waals surface area contributed by atoms with Gasteiger partial charge in [0.05, 0.1) is 0 Å². The van der Waals surface area contributed by atoms with Crippen molar-refractivity contribution >= 4 is 5.91 Å². The first-order valence-corrected chi connectivity index (χ1v) is 7.33. The fraction of sp³-hybridized carbons (Fsp3) is 0.562. The molecule has 1 heterocycles. The highest BCUT2D eigenvalue weighted by Gasteiger charge is 2.16. The molecule has 1 aliphatic heterocycles. The molecule has 0 unspecified atom stereocenters. The van der Waals surface area contributed by atoms with Gasteiger partial charge >= 0.3 is 0 Å². The number of carbonyl (C=O) groups excluding carboxylic acids is 1. The minimum Gasteiger partial charge on any atom is -0.352 e. The van der Waals surface area contributed by atoms with Crippen molar-refractivity contribution in [3.63, 3.8) is 0 Å². The van der Waals surface area contributed by atoms with Gasteiger partial charge in [-0.25, -0.2) is 0 Å². The van der Waals surface area contributed by atoms with Crippen LogP contribution < -0.4 is 10.6 Å². The smallest absolute Gasteiger partial charge is 0.220 e. The second-order valence-electron chi connectivity index (χ2n) is 5.30. The predicted octanol–water partition coefficient (Wildman–Crippen LogP) is 2.25. The van der Waals surface area contributed by atoms with E-state index in [1.165, 1.54) is 11.1 Å². The molecule has 0 radical (unpaired) electrons. The van der Waals surface area contributed by atoms with Crippen LogP contribution in [0.1, 0.15) is 37.3 Å². The molecule has 0 saturated carbocycles. The number of piperidine rings is 1. The Balaban J connectivity index is 1.79. The van der Waals surface area contributed by atoms with E-state index in [9.17, 15) is 4.79 Å². The number of hydrogen-bond donors (Lipinski definition) is 2. The molecule has 0 bridgehead atoms. The molecule has 0 aromatic heterocycles. The molecule has 3 heteroatoms. The molecule has 2 N–H and O–H groups in total. The van der Waals surface area contributed by atoms with Crippen molar-refractivity contribution in [2.24, 2.45) is 5.92 Å². The molecule has 1 aliphatic rings. The molecule has 3 nitrogen and oxygen atoms in total. The average Bonchev–Trinajstić information content (AvgIpc) is 2.46. The van der Waals surface area contributed by atoms with Crippen LogP contribution in [0.4, 0.5) is 0 Å². The average molecular weight is 260 g/mol. The minimum absolute atomic E-state index is 0.192. The van der Waals surface area contributed by atoms with Crippen LogP contribution in [-0.4, -0.2) is 19.0 Å². The fourth-order valence-corrected chi connectivity index (χ4v) is 2.69. The lowest BCUT2D eigenvalue weighted by Crippen LogP contribution is -2.32. The van der Waals surface area contributed by atoms with E-state index in [0.717, 1.165) is 32.4 Å². The monoisotopic (exact) mass is 260 g/mol. The third kappa shape index (κ3) is 4.35. The van der Waals surface area contributed by atoms with E-state index >= 15 is 0 Å². The van der Waals surface area contributed by atoms with E-state index in [4.69, 9.17) is 0 Å². The molecule has 1 aromatic rings. The Bertz CT molecular complexity index is 411. The third-order valence-electron chi connectivity index (χ3n) is 3.91. The Hall–Kier alpha value is -1.35. The number of amides is 1. The molecule has 1 amide bonds. The van der Waals surface area contributed by atoms with Crippen LogP contribution in [0.25, 0.3) is 0 Å². The van der Waals surface area contributed by atoms with Crippen LogP contribution in [0, 0.1) is 5.92 Å². The van der Waals surface area contributed by atoms with Crippen molar-refractivity contribution in [2.45, 2.75) is 39.2 Å². The molecule has 19 heavy (non-hydrogen) atoms. The van der Waals surface area contributed by atoms with Gasteiger partial charge < -0.3 is 10.6 Å². The normalized spacial score (nSPS) is 16.3. The highest BCUT2D eigenvalue weighted by atomic mass is 16.1. The van der Waals surface area contributed by atoms with Gasteiger partial charge in [-0.3, -0.25) is 4.79 Å². The molecule has 0 spiro atoms. The zero-order valence-electron chi connectivity index (χ0n) is 11.7. The van der Waals surface area contributed by atoms with E-state index in [2.05, 4.69) is 35.8 Å². The van der Waals surface area contributed by atoms with Crippen LogP contribution in [0.15, 0.2) is 24.3 Å². The summed E-state index contributed by atoms with van der Waals surface area (Å²) >= 11 is 0. The van der Waals surface area contributed by atoms with E-state index in [0.29, 0.717) is 18.9 Å². The molecule has 1 aromatic carbocycles. The summed E-state index contributed by atoms with van der Waals surface area (Å²) in [7, 11) is 0. The standard InChI is InChI=1S/C16H24N2O/c1-2-14-5-3-4-6-15(14)12-18-16(19)11-13-7-9-17-10-8-13/h3-6,13,17H,2,7-12H2,1H3,(H,18,19). The zero-order valence-corrected chi connectivity index (χ0v) is 11.7. The largest absolute Gasteiger partial charge is 0.352 e. The third-order valence-corrected chi connectivity index (χ3v) is 3.91. The second kappa shape index (κ2) is 7.29. The number of carbonyl (C=O) groups is 1. The number of rotatable bonds is 5. The van der Waals surface area contributed by atoms with Gasteiger partial charge in [-0.05, 0) is 49.4 Å². The van der Waals surface area contributed by atoms with E-state index in [1.54, 1.807) is 0 Å². The molecule has 0 atom stereocenters. The Morgan fingerprint density at radius 1 is 1.26 bits per heavy atom. The van der Waals surface area contributed by atoms with E-state index < -0.39 is 0 Å². The van der Waals surface area contributed by atoms with Gasteiger partial charge in [-0.1, -0.05) is 31.2 Å². The topological polar surface area (TPSA) is 41.1 Å². The summed E-state index contributed by atoms with van der Waals surface area (Å²) in [4.78, 5) is 12.0. The van der Waals surface area contributed by atoms with Gasteiger partial charge in [-0.15, -0.1) is 0 Å². The molecular formula is C16H24N2O. The molecular weight excluding hydrogens is 236 g/mol. The molecule has 1 saturated heterocycles. The van der Waals surface area contributed by atoms with Crippen molar-refractivity contribution in [1.82, 2.24) is 10.6 Å². The zero-order chi connectivity index (χ0) is 13.5. The summed E-state index contributed by atoms with van der Waals surface area (Å²) in [6, 6.07) is 8.32. The van der Waals surface area contributed by atoms with Crippen LogP contribution in [0.2, 0.25) is 0 Å². The van der Waals surface area contributed by atoms with Crippen molar-refractivity contribution in [2.75, 3.05) is 13.1 Å². The van der Waals surface area contributed by atoms with Crippen molar-refractivity contribution in [3.05, 3.63) is 35.4 Å².